The molecule has 0 atom stereocenters. The fraction of sp³-hybridized carbons (Fsp3) is 0.100. The molecule has 2 rings (SSSR count). The summed E-state index contributed by atoms with van der Waals surface area (Å²) in [5.41, 5.74) is 0.793. The van der Waals surface area contributed by atoms with Gasteiger partial charge in [0.25, 0.3) is 5.56 Å². The minimum atomic E-state index is -0.201. The zero-order valence-electron chi connectivity index (χ0n) is 7.47. The summed E-state index contributed by atoms with van der Waals surface area (Å²) in [6.07, 6.45) is 6.88. The molecule has 0 saturated carbocycles. The Morgan fingerprint density at radius 1 is 1.50 bits per heavy atom. The quantitative estimate of drug-likeness (QED) is 0.694. The third kappa shape index (κ3) is 1.47. The van der Waals surface area contributed by atoms with Gasteiger partial charge in [0.1, 0.15) is 0 Å². The van der Waals surface area contributed by atoms with Crippen molar-refractivity contribution >= 4 is 5.70 Å². The van der Waals surface area contributed by atoms with Crippen molar-refractivity contribution in [2.45, 2.75) is 0 Å². The fourth-order valence-electron chi connectivity index (χ4n) is 1.36. The maximum atomic E-state index is 11.4. The zero-order valence-corrected chi connectivity index (χ0v) is 7.47. The minimum Gasteiger partial charge on any atom is -0.329 e. The van der Waals surface area contributed by atoms with Crippen LogP contribution in [0.25, 0.3) is 5.70 Å². The molecule has 72 valence electrons. The van der Waals surface area contributed by atoms with E-state index in [0.717, 1.165) is 5.06 Å². The lowest BCUT2D eigenvalue weighted by Crippen LogP contribution is -2.24. The Balaban J connectivity index is 2.49. The van der Waals surface area contributed by atoms with Crippen LogP contribution in [0.5, 0.6) is 0 Å². The van der Waals surface area contributed by atoms with Crippen LogP contribution >= 0.6 is 0 Å². The van der Waals surface area contributed by atoms with Crippen LogP contribution in [0.1, 0.15) is 5.56 Å². The molecule has 4 nitrogen and oxygen atoms in total. The number of allylic oxidation sites excluding steroid dienone is 2. The molecule has 2 heterocycles. The van der Waals surface area contributed by atoms with Gasteiger partial charge in [-0.1, -0.05) is 12.2 Å². The molecule has 0 aliphatic carbocycles. The Hall–Kier alpha value is -1.81. The van der Waals surface area contributed by atoms with Gasteiger partial charge >= 0.3 is 0 Å². The second-order valence-electron chi connectivity index (χ2n) is 2.98. The third-order valence-corrected chi connectivity index (χ3v) is 2.04. The molecule has 0 aromatic carbocycles. The van der Waals surface area contributed by atoms with Crippen molar-refractivity contribution in [1.29, 1.82) is 0 Å². The van der Waals surface area contributed by atoms with Crippen molar-refractivity contribution in [3.63, 3.8) is 0 Å². The van der Waals surface area contributed by atoms with Crippen molar-refractivity contribution in [3.05, 3.63) is 52.5 Å². The van der Waals surface area contributed by atoms with Crippen LogP contribution in [-0.4, -0.2) is 21.8 Å². The van der Waals surface area contributed by atoms with Crippen LogP contribution in [0.3, 0.4) is 0 Å². The first-order valence-corrected chi connectivity index (χ1v) is 4.30. The van der Waals surface area contributed by atoms with Gasteiger partial charge in [-0.3, -0.25) is 15.1 Å². The van der Waals surface area contributed by atoms with E-state index in [1.165, 1.54) is 0 Å². The number of hydrogen-bond donors (Lipinski definition) is 2. The van der Waals surface area contributed by atoms with Crippen LogP contribution in [0.4, 0.5) is 0 Å². The number of nitrogens with zero attached hydrogens (tertiary/aromatic N) is 1. The van der Waals surface area contributed by atoms with Gasteiger partial charge in [0.05, 0.1) is 17.8 Å². The summed E-state index contributed by atoms with van der Waals surface area (Å²) < 4.78 is 0. The number of hydrogen-bond acceptors (Lipinski definition) is 3. The van der Waals surface area contributed by atoms with Gasteiger partial charge in [-0.2, -0.15) is 0 Å². The molecular formula is C10H10N2O2. The molecule has 0 spiro atoms. The van der Waals surface area contributed by atoms with E-state index in [0.29, 0.717) is 17.8 Å². The molecule has 0 unspecified atom stereocenters. The Bertz CT molecular complexity index is 445. The summed E-state index contributed by atoms with van der Waals surface area (Å²) in [5.74, 6) is 0. The number of H-pyrrole nitrogens is 1. The smallest absolute Gasteiger partial charge is 0.257 e. The molecule has 4 heteroatoms. The second kappa shape index (κ2) is 3.51. The van der Waals surface area contributed by atoms with E-state index in [1.807, 2.05) is 6.08 Å². The molecule has 1 aromatic heterocycles. The second-order valence-corrected chi connectivity index (χ2v) is 2.98. The van der Waals surface area contributed by atoms with Crippen molar-refractivity contribution in [2.24, 2.45) is 0 Å². The number of pyridine rings is 1. The minimum absolute atomic E-state index is 0.201. The first-order chi connectivity index (χ1) is 6.79. The fourth-order valence-corrected chi connectivity index (χ4v) is 1.36. The van der Waals surface area contributed by atoms with Gasteiger partial charge in [0.2, 0.25) is 0 Å². The van der Waals surface area contributed by atoms with Crippen LogP contribution in [0.15, 0.2) is 41.4 Å². The SMILES string of the molecule is O=c1[nH]cccc1C1=CC=CCN1O. The van der Waals surface area contributed by atoms with E-state index in [-0.39, 0.29) is 5.56 Å². The summed E-state index contributed by atoms with van der Waals surface area (Å²) >= 11 is 0. The van der Waals surface area contributed by atoms with Gasteiger partial charge < -0.3 is 4.98 Å². The standard InChI is InChI=1S/C10H10N2O2/c13-10-8(4-3-6-11-10)9-5-1-2-7-12(9)14/h1-6,14H,7H2,(H,11,13). The highest BCUT2D eigenvalue weighted by atomic mass is 16.5. The van der Waals surface area contributed by atoms with E-state index in [9.17, 15) is 10.0 Å². The highest BCUT2D eigenvalue weighted by molar-refractivity contribution is 5.65. The van der Waals surface area contributed by atoms with Crippen molar-refractivity contribution in [2.75, 3.05) is 6.54 Å². The van der Waals surface area contributed by atoms with Crippen molar-refractivity contribution < 1.29 is 5.21 Å². The van der Waals surface area contributed by atoms with Gasteiger partial charge in [-0.05, 0) is 18.2 Å². The molecule has 0 saturated heterocycles. The first kappa shape index (κ1) is 8.77. The van der Waals surface area contributed by atoms with Gasteiger partial charge in [-0.25, -0.2) is 0 Å². The maximum Gasteiger partial charge on any atom is 0.257 e. The highest BCUT2D eigenvalue weighted by Crippen LogP contribution is 2.16. The van der Waals surface area contributed by atoms with Crippen LogP contribution < -0.4 is 5.56 Å². The average molecular weight is 190 g/mol. The van der Waals surface area contributed by atoms with Gasteiger partial charge in [0.15, 0.2) is 0 Å². The summed E-state index contributed by atoms with van der Waals surface area (Å²) in [4.78, 5) is 14.0. The van der Waals surface area contributed by atoms with Crippen LogP contribution in [0, 0.1) is 0 Å². The molecular weight excluding hydrogens is 180 g/mol. The van der Waals surface area contributed by atoms with Crippen LogP contribution in [-0.2, 0) is 0 Å². The van der Waals surface area contributed by atoms with Gasteiger partial charge in [0, 0.05) is 6.20 Å². The van der Waals surface area contributed by atoms with E-state index < -0.39 is 0 Å². The van der Waals surface area contributed by atoms with E-state index in [1.54, 1.807) is 30.5 Å². The molecule has 1 aliphatic heterocycles. The van der Waals surface area contributed by atoms with Crippen molar-refractivity contribution in [3.8, 4) is 0 Å². The summed E-state index contributed by atoms with van der Waals surface area (Å²) in [7, 11) is 0. The number of rotatable bonds is 1. The summed E-state index contributed by atoms with van der Waals surface area (Å²) in [6.45, 7) is 0.403. The number of aromatic amines is 1. The molecule has 2 N–H and O–H groups in total. The van der Waals surface area contributed by atoms with Crippen molar-refractivity contribution in [1.82, 2.24) is 10.0 Å². The molecule has 1 aliphatic rings. The Morgan fingerprint density at radius 3 is 3.07 bits per heavy atom. The van der Waals surface area contributed by atoms with Gasteiger partial charge in [-0.15, -0.1) is 0 Å². The Labute approximate surface area is 80.8 Å². The molecule has 0 amide bonds. The van der Waals surface area contributed by atoms with Crippen LogP contribution in [0.2, 0.25) is 0 Å². The molecule has 0 bridgehead atoms. The van der Waals surface area contributed by atoms with E-state index >= 15 is 0 Å². The molecule has 1 aromatic rings. The zero-order chi connectivity index (χ0) is 9.97. The predicted molar refractivity (Wildman–Crippen MR) is 52.7 cm³/mol. The number of nitrogens with one attached hydrogen (secondary N) is 1. The lowest BCUT2D eigenvalue weighted by atomic mass is 10.1. The third-order valence-electron chi connectivity index (χ3n) is 2.04. The normalized spacial score (nSPS) is 15.5. The average Bonchev–Trinajstić information content (AvgIpc) is 2.20. The lowest BCUT2D eigenvalue weighted by Gasteiger charge is -2.20. The van der Waals surface area contributed by atoms with E-state index in [4.69, 9.17) is 0 Å². The topological polar surface area (TPSA) is 56.3 Å². The lowest BCUT2D eigenvalue weighted by molar-refractivity contribution is -0.0166. The van der Waals surface area contributed by atoms with E-state index in [2.05, 4.69) is 4.98 Å². The number of hydroxylamine groups is 2. The summed E-state index contributed by atoms with van der Waals surface area (Å²) in [5, 5.41) is 10.6. The highest BCUT2D eigenvalue weighted by Gasteiger charge is 2.12. The Kier molecular flexibility index (Phi) is 2.20. The number of aromatic nitrogens is 1. The maximum absolute atomic E-state index is 11.4. The monoisotopic (exact) mass is 190 g/mol. The molecule has 0 radical (unpaired) electrons. The first-order valence-electron chi connectivity index (χ1n) is 4.30. The Morgan fingerprint density at radius 2 is 2.36 bits per heavy atom. The summed E-state index contributed by atoms with van der Waals surface area (Å²) in [6, 6.07) is 3.40. The molecule has 14 heavy (non-hydrogen) atoms. The molecule has 0 fully saturated rings. The largest absolute Gasteiger partial charge is 0.329 e. The predicted octanol–water partition coefficient (Wildman–Crippen LogP) is 0.977.